The highest BCUT2D eigenvalue weighted by molar-refractivity contribution is 7.47. The van der Waals surface area contributed by atoms with Gasteiger partial charge in [-0.05, 0) is 136 Å². The Bertz CT molecular complexity index is 6070. The second kappa shape index (κ2) is 39.9. The fourth-order valence-electron chi connectivity index (χ4n) is 15.4. The number of hydrogen-bond donors (Lipinski definition) is 6. The van der Waals surface area contributed by atoms with E-state index in [-0.39, 0.29) is 46.1 Å². The maximum Gasteiger partial charge on any atom is 0.472 e. The Morgan fingerprint density at radius 3 is 1.11 bits per heavy atom. The van der Waals surface area contributed by atoms with Crippen molar-refractivity contribution in [2.45, 2.75) is 185 Å². The highest BCUT2D eigenvalue weighted by Crippen LogP contribution is 2.54. The van der Waals surface area contributed by atoms with Crippen molar-refractivity contribution in [2.75, 3.05) is 57.4 Å². The minimum atomic E-state index is -5.32. The van der Waals surface area contributed by atoms with Crippen LogP contribution in [0.2, 0.25) is 36.3 Å². The number of hydrogen-bond acceptors (Lipinski definition) is 23. The molecule has 2 fully saturated rings. The van der Waals surface area contributed by atoms with Crippen LogP contribution in [0.4, 0.5) is 11.9 Å². The summed E-state index contributed by atoms with van der Waals surface area (Å²) in [6.07, 6.45) is -7.80. The Balaban J connectivity index is 0.772. The van der Waals surface area contributed by atoms with Gasteiger partial charge in [0.1, 0.15) is 65.1 Å². The molecule has 0 saturated carbocycles. The smallest absolute Gasteiger partial charge is 0.472 e. The van der Waals surface area contributed by atoms with E-state index in [4.69, 9.17) is 70.1 Å². The number of benzene rings is 8. The van der Waals surface area contributed by atoms with Crippen LogP contribution in [0.1, 0.15) is 144 Å². The number of anilines is 2. The van der Waals surface area contributed by atoms with Crippen molar-refractivity contribution in [1.29, 1.82) is 0 Å². The van der Waals surface area contributed by atoms with Crippen LogP contribution >= 0.6 is 15.6 Å². The summed E-state index contributed by atoms with van der Waals surface area (Å²) in [5.41, 5.74) is 2.19. The van der Waals surface area contributed by atoms with Gasteiger partial charge in [0.2, 0.25) is 11.9 Å². The summed E-state index contributed by atoms with van der Waals surface area (Å²) in [7, 11) is -15.2. The number of imidazole rings is 2. The number of amides is 2. The molecule has 2 aliphatic rings. The van der Waals surface area contributed by atoms with E-state index in [9.17, 15) is 38.1 Å². The zero-order valence-corrected chi connectivity index (χ0v) is 80.0. The lowest BCUT2D eigenvalue weighted by Gasteiger charge is -2.44. The zero-order valence-electron chi connectivity index (χ0n) is 76.2. The van der Waals surface area contributed by atoms with E-state index in [1.807, 2.05) is 215 Å². The number of ether oxygens (including phenoxy) is 7. The molecule has 14 rings (SSSR count). The van der Waals surface area contributed by atoms with Crippen LogP contribution in [0.3, 0.4) is 0 Å². The summed E-state index contributed by atoms with van der Waals surface area (Å²) in [4.78, 5) is 104. The number of nitrogens with zero attached hydrogens (tertiary/aromatic N) is 6. The largest absolute Gasteiger partial charge is 0.497 e. The normalized spacial score (nSPS) is 19.1. The molecular weight excluding hydrogens is 1750 g/mol. The summed E-state index contributed by atoms with van der Waals surface area (Å²) in [6.45, 7) is 26.6. The van der Waals surface area contributed by atoms with Crippen molar-refractivity contribution in [1.82, 2.24) is 39.0 Å². The Hall–Kier alpha value is -10.8. The van der Waals surface area contributed by atoms with Gasteiger partial charge in [-0.1, -0.05) is 257 Å². The van der Waals surface area contributed by atoms with Crippen LogP contribution in [0, 0.1) is 6.92 Å². The monoisotopic (exact) mass is 1860 g/mol. The van der Waals surface area contributed by atoms with E-state index in [1.54, 1.807) is 43.5 Å². The molecule has 31 nitrogen and oxygen atoms in total. The summed E-state index contributed by atoms with van der Waals surface area (Å²) in [5, 5.41) is 4.34. The van der Waals surface area contributed by atoms with E-state index >= 15 is 0 Å². The summed E-state index contributed by atoms with van der Waals surface area (Å²) in [5.74, 6) is 0.216. The molecule has 0 bridgehead atoms. The fourth-order valence-corrected chi connectivity index (χ4v) is 19.4. The molecule has 2 saturated heterocycles. The zero-order chi connectivity index (χ0) is 93.6. The number of phosphoric ester groups is 2. The van der Waals surface area contributed by atoms with Crippen molar-refractivity contribution in [3.05, 3.63) is 302 Å². The molecule has 692 valence electrons. The molecule has 35 heteroatoms. The van der Waals surface area contributed by atoms with Gasteiger partial charge in [0, 0.05) is 0 Å². The number of nitrogens with one attached hydrogen (secondary N) is 4. The first-order chi connectivity index (χ1) is 62.3. The molecule has 6 N–H and O–H groups in total. The summed E-state index contributed by atoms with van der Waals surface area (Å²) >= 11 is 0. The van der Waals surface area contributed by atoms with Gasteiger partial charge in [-0.3, -0.25) is 67.0 Å². The van der Waals surface area contributed by atoms with Crippen LogP contribution in [-0.2, 0) is 75.8 Å². The average molecular weight is 1860 g/mol. The number of aromatic amines is 2. The Kier molecular flexibility index (Phi) is 29.4. The number of fused-ring (bicyclic) bond motifs is 2. The van der Waals surface area contributed by atoms with Crippen molar-refractivity contribution in [2.24, 2.45) is 0 Å². The third-order valence-electron chi connectivity index (χ3n) is 24.5. The number of aromatic nitrogens is 8. The van der Waals surface area contributed by atoms with Crippen LogP contribution in [0.15, 0.2) is 241 Å². The minimum Gasteiger partial charge on any atom is -0.497 e. The predicted molar refractivity (Wildman–Crippen MR) is 500 cm³/mol. The van der Waals surface area contributed by atoms with Gasteiger partial charge in [-0.25, -0.2) is 19.1 Å². The van der Waals surface area contributed by atoms with Crippen molar-refractivity contribution >= 4 is 78.3 Å². The number of H-pyrrole nitrogens is 2. The van der Waals surface area contributed by atoms with Crippen LogP contribution in [-0.4, -0.2) is 161 Å². The number of aryl methyl sites for hydroxylation is 1. The maximum absolute atomic E-state index is 14.8. The van der Waals surface area contributed by atoms with E-state index in [0.29, 0.717) is 50.6 Å². The molecule has 4 aromatic heterocycles. The van der Waals surface area contributed by atoms with Crippen molar-refractivity contribution < 1.29 is 88.6 Å². The molecule has 0 radical (unpaired) electrons. The average Bonchev–Trinajstić information content (AvgIpc) is 1.65. The molecule has 4 unspecified atom stereocenters. The molecule has 2 amide bonds. The lowest BCUT2D eigenvalue weighted by atomic mass is 9.79. The highest BCUT2D eigenvalue weighted by atomic mass is 31.2. The van der Waals surface area contributed by atoms with Gasteiger partial charge in [0.05, 0.1) is 46.2 Å². The van der Waals surface area contributed by atoms with Crippen molar-refractivity contribution in [3.63, 3.8) is 0 Å². The number of carbonyl (C=O) groups excluding carboxylic acids is 2. The molecule has 0 aliphatic carbocycles. The van der Waals surface area contributed by atoms with E-state index < -0.39 is 165 Å². The summed E-state index contributed by atoms with van der Waals surface area (Å²) in [6, 6.07) is 67.9. The topological polar surface area (TPSA) is 380 Å². The first-order valence-corrected chi connectivity index (χ1v) is 52.3. The van der Waals surface area contributed by atoms with Crippen LogP contribution in [0.25, 0.3) is 22.3 Å². The standard InChI is InChI=1S/C96H114N10O21P2Si2/c1-61(2)64-39-47-73(48-40-64)116-57-77(107)99-91-101-85-79(87(109)103-91)97-59-105(85)89-83(126-130(13,14)93(6,7)8)81(124-95(66-29-21-17-22-30-66,67-31-23-18-24-32-67)70-43-37-63(5)38-44-70)75(122-89)55-120-128(111,112)118-53-54-119-129(113,114)121-56-76-82(125-96(68-33-25-19-26-34-68,69-35-27-20-28-36-69)71-45-51-72(115-12)52-46-71)84(127-131(15,16)94(9,10)11)90(123-76)106-60-98-80-86(106)102-92(104-88(80)110)100-78(108)58-117-74-49-41-65(42-50-74)62(3)4/h17-52,59-62,75-76,81-84,89-90H,53-58H2,1-16H3,(H,111,112)(H,113,114)(H2,99,101,103,107,109)(H2,100,102,104,108,110)/t75-,76-,81-,82-,83-,84-,89?,90?/m1/s1. The van der Waals surface area contributed by atoms with Gasteiger partial charge in [0.25, 0.3) is 22.9 Å². The lowest BCUT2D eigenvalue weighted by molar-refractivity contribution is -0.118. The molecule has 131 heavy (non-hydrogen) atoms. The fraction of sp³-hybridized carbons (Fsp3) is 0.375. The third-order valence-corrected chi connectivity index (χ3v) is 35.4. The number of methoxy groups -OCH3 is 1. The van der Waals surface area contributed by atoms with Gasteiger partial charge < -0.3 is 51.8 Å². The quantitative estimate of drug-likeness (QED) is 0.00906. The molecular formula is C96H114N10O21P2Si2. The first kappa shape index (κ1) is 96.3. The predicted octanol–water partition coefficient (Wildman–Crippen LogP) is 17.4. The first-order valence-electron chi connectivity index (χ1n) is 43.4. The summed E-state index contributed by atoms with van der Waals surface area (Å²) < 4.78 is 119. The van der Waals surface area contributed by atoms with Crippen LogP contribution < -0.4 is 36.0 Å². The molecule has 0 spiro atoms. The van der Waals surface area contributed by atoms with Gasteiger partial charge in [-0.2, -0.15) is 9.97 Å². The van der Waals surface area contributed by atoms with Gasteiger partial charge in [-0.15, -0.1) is 0 Å². The third kappa shape index (κ3) is 21.8. The Labute approximate surface area is 762 Å². The second-order valence-corrected chi connectivity index (χ2v) is 48.6. The molecule has 8 aromatic carbocycles. The molecule has 2 aliphatic heterocycles. The SMILES string of the molecule is COc1ccc(C(O[C@@H]2[C@@H](COP(=O)(O)OCCOP(=O)(O)OC[C@H]3OC(n4cnc5c(=O)[nH]c(NC(=O)COc6ccc(C(C)C)cc6)nc54)[C@H](O[Si](C)(C)C(C)(C)C)[C@@H]3OC(c3ccccc3)(c3ccccc3)c3ccc(C)cc3)OC(n3cnc4c(=O)[nH]c(NC(=O)COc5ccc(C(C)C)cc5)nc43)[C@@H]2O[Si](C)(C)C(C)(C)C)(c2ccccc2)c2ccccc2)cc1. The van der Waals surface area contributed by atoms with Gasteiger partial charge >= 0.3 is 15.6 Å². The number of carbonyl (C=O) groups is 2. The molecule has 6 heterocycles. The maximum atomic E-state index is 14.8. The second-order valence-electron chi connectivity index (χ2n) is 36.2. The van der Waals surface area contributed by atoms with E-state index in [1.165, 1.54) is 21.8 Å². The Morgan fingerprint density at radius 2 is 0.786 bits per heavy atom. The van der Waals surface area contributed by atoms with E-state index in [0.717, 1.165) is 16.7 Å². The lowest BCUT2D eigenvalue weighted by Crippen LogP contribution is -2.52. The van der Waals surface area contributed by atoms with Crippen LogP contribution in [0.5, 0.6) is 17.2 Å². The minimum absolute atomic E-state index is 0.0452. The number of phosphoric acid groups is 2. The Morgan fingerprint density at radius 1 is 0.466 bits per heavy atom. The van der Waals surface area contributed by atoms with Gasteiger partial charge in [0.15, 0.2) is 64.6 Å². The molecule has 12 aromatic rings. The highest BCUT2D eigenvalue weighted by Gasteiger charge is 2.59. The number of rotatable bonds is 38. The van der Waals surface area contributed by atoms with Crippen molar-refractivity contribution in [3.8, 4) is 17.2 Å². The van der Waals surface area contributed by atoms with E-state index in [2.05, 4.69) is 99.8 Å². The molecule has 10 atom stereocenters.